The molecule has 0 spiro atoms. The van der Waals surface area contributed by atoms with Gasteiger partial charge in [-0.05, 0) is 0 Å². The zero-order valence-electron chi connectivity index (χ0n) is 8.55. The minimum atomic E-state index is -1.47. The number of rotatable bonds is 4. The summed E-state index contributed by atoms with van der Waals surface area (Å²) in [5.74, 6) is -4.46. The number of carboxylic acid groups (broad SMARTS) is 1. The van der Waals surface area contributed by atoms with Crippen molar-refractivity contribution in [3.8, 4) is 5.75 Å². The van der Waals surface area contributed by atoms with Crippen LogP contribution >= 0.6 is 11.6 Å². The van der Waals surface area contributed by atoms with Crippen LogP contribution in [0.25, 0.3) is 0 Å². The first-order valence-electron chi connectivity index (χ1n) is 4.37. The first-order valence-corrected chi connectivity index (χ1v) is 4.75. The Morgan fingerprint density at radius 3 is 2.61 bits per heavy atom. The molecule has 0 aliphatic carbocycles. The molecule has 7 nitrogen and oxygen atoms in total. The molecular formula is C9H5ClFNO6. The minimum Gasteiger partial charge on any atom is -0.481 e. The summed E-state index contributed by atoms with van der Waals surface area (Å²) in [4.78, 5) is 30.9. The van der Waals surface area contributed by atoms with Crippen molar-refractivity contribution in [3.05, 3.63) is 33.1 Å². The lowest BCUT2D eigenvalue weighted by Crippen LogP contribution is -2.14. The Morgan fingerprint density at radius 2 is 2.11 bits per heavy atom. The molecule has 0 aliphatic heterocycles. The average Bonchev–Trinajstić information content (AvgIpc) is 2.21. The van der Waals surface area contributed by atoms with Crippen molar-refractivity contribution in [1.29, 1.82) is 0 Å². The smallest absolute Gasteiger partial charge is 0.322 e. The molecule has 1 rings (SSSR count). The van der Waals surface area contributed by atoms with E-state index in [1.54, 1.807) is 0 Å². The fourth-order valence-corrected chi connectivity index (χ4v) is 1.18. The molecule has 0 fully saturated rings. The van der Waals surface area contributed by atoms with Crippen molar-refractivity contribution >= 4 is 29.2 Å². The summed E-state index contributed by atoms with van der Waals surface area (Å²) in [5, 5.41) is 18.4. The zero-order valence-corrected chi connectivity index (χ0v) is 9.31. The molecule has 96 valence electrons. The van der Waals surface area contributed by atoms with E-state index < -0.39 is 45.6 Å². The number of ether oxygens (including phenoxy) is 1. The second-order valence-corrected chi connectivity index (χ2v) is 3.44. The van der Waals surface area contributed by atoms with E-state index in [1.807, 2.05) is 0 Å². The van der Waals surface area contributed by atoms with Crippen molar-refractivity contribution in [1.82, 2.24) is 0 Å². The number of nitro benzene ring substituents is 1. The van der Waals surface area contributed by atoms with Gasteiger partial charge in [-0.25, -0.2) is 4.39 Å². The van der Waals surface area contributed by atoms with Crippen LogP contribution in [0.2, 0.25) is 5.02 Å². The first kappa shape index (κ1) is 13.8. The third kappa shape index (κ3) is 3.39. The average molecular weight is 278 g/mol. The van der Waals surface area contributed by atoms with Gasteiger partial charge in [0.25, 0.3) is 0 Å². The topological polar surface area (TPSA) is 107 Å². The van der Waals surface area contributed by atoms with Crippen LogP contribution in [0.5, 0.6) is 5.75 Å². The summed E-state index contributed by atoms with van der Waals surface area (Å²) in [5.41, 5.74) is -0.736. The molecule has 1 N–H and O–H groups in total. The van der Waals surface area contributed by atoms with Crippen LogP contribution in [0.4, 0.5) is 10.1 Å². The van der Waals surface area contributed by atoms with Crippen molar-refractivity contribution < 1.29 is 28.7 Å². The largest absolute Gasteiger partial charge is 0.481 e. The summed E-state index contributed by atoms with van der Waals surface area (Å²) in [7, 11) is 0. The van der Waals surface area contributed by atoms with E-state index >= 15 is 0 Å². The number of nitro groups is 1. The molecule has 0 amide bonds. The van der Waals surface area contributed by atoms with Crippen LogP contribution < -0.4 is 4.74 Å². The Labute approximate surface area is 104 Å². The van der Waals surface area contributed by atoms with Crippen molar-refractivity contribution in [2.45, 2.75) is 6.42 Å². The van der Waals surface area contributed by atoms with Gasteiger partial charge in [-0.3, -0.25) is 19.7 Å². The van der Waals surface area contributed by atoms with E-state index in [-0.39, 0.29) is 0 Å². The SMILES string of the molecule is O=C(O)CC(=O)Oc1cc(F)c(Cl)cc1[N+](=O)[O-]. The predicted octanol–water partition coefficient (Wildman–Crippen LogP) is 1.77. The number of carbonyl (C=O) groups is 2. The molecule has 0 aliphatic rings. The van der Waals surface area contributed by atoms with Gasteiger partial charge < -0.3 is 9.84 Å². The van der Waals surface area contributed by atoms with Gasteiger partial charge in [-0.15, -0.1) is 0 Å². The lowest BCUT2D eigenvalue weighted by Gasteiger charge is -2.04. The highest BCUT2D eigenvalue weighted by Gasteiger charge is 2.22. The Balaban J connectivity index is 3.07. The normalized spacial score (nSPS) is 9.89. The summed E-state index contributed by atoms with van der Waals surface area (Å²) in [6.45, 7) is 0. The Hall–Kier alpha value is -2.22. The predicted molar refractivity (Wildman–Crippen MR) is 56.0 cm³/mol. The zero-order chi connectivity index (χ0) is 13.9. The molecular weight excluding hydrogens is 273 g/mol. The highest BCUT2D eigenvalue weighted by atomic mass is 35.5. The van der Waals surface area contributed by atoms with Crippen LogP contribution in [-0.4, -0.2) is 22.0 Å². The summed E-state index contributed by atoms with van der Waals surface area (Å²) in [6, 6.07) is 1.21. The number of hydrogen-bond acceptors (Lipinski definition) is 5. The molecule has 0 saturated carbocycles. The Morgan fingerprint density at radius 1 is 1.50 bits per heavy atom. The summed E-state index contributed by atoms with van der Waals surface area (Å²) in [6.07, 6.45) is -0.999. The molecule has 1 aromatic carbocycles. The van der Waals surface area contributed by atoms with Gasteiger partial charge in [0.15, 0.2) is 0 Å². The number of nitrogens with zero attached hydrogens (tertiary/aromatic N) is 1. The molecule has 1 aromatic rings. The number of esters is 1. The number of carboxylic acids is 1. The second-order valence-electron chi connectivity index (χ2n) is 3.04. The van der Waals surface area contributed by atoms with E-state index in [2.05, 4.69) is 4.74 Å². The Kier molecular flexibility index (Phi) is 4.16. The van der Waals surface area contributed by atoms with Crippen LogP contribution in [-0.2, 0) is 9.59 Å². The number of benzene rings is 1. The molecule has 18 heavy (non-hydrogen) atoms. The van der Waals surface area contributed by atoms with Gasteiger partial charge in [0, 0.05) is 12.1 Å². The fraction of sp³-hybridized carbons (Fsp3) is 0.111. The van der Waals surface area contributed by atoms with Crippen LogP contribution in [0.1, 0.15) is 6.42 Å². The second kappa shape index (κ2) is 5.41. The van der Waals surface area contributed by atoms with Gasteiger partial charge >= 0.3 is 17.6 Å². The molecule has 0 saturated heterocycles. The molecule has 0 heterocycles. The van der Waals surface area contributed by atoms with Gasteiger partial charge in [0.1, 0.15) is 12.2 Å². The lowest BCUT2D eigenvalue weighted by atomic mass is 10.3. The van der Waals surface area contributed by atoms with Crippen molar-refractivity contribution in [2.24, 2.45) is 0 Å². The third-order valence-corrected chi connectivity index (χ3v) is 2.01. The maximum Gasteiger partial charge on any atom is 0.322 e. The molecule has 0 bridgehead atoms. The van der Waals surface area contributed by atoms with E-state index in [4.69, 9.17) is 16.7 Å². The number of halogens is 2. The van der Waals surface area contributed by atoms with E-state index in [9.17, 15) is 24.1 Å². The first-order chi connectivity index (χ1) is 8.31. The molecule has 0 radical (unpaired) electrons. The van der Waals surface area contributed by atoms with Crippen LogP contribution in [0, 0.1) is 15.9 Å². The van der Waals surface area contributed by atoms with E-state index in [0.29, 0.717) is 12.1 Å². The maximum atomic E-state index is 13.1. The van der Waals surface area contributed by atoms with E-state index in [1.165, 1.54) is 0 Å². The number of carbonyl (C=O) groups excluding carboxylic acids is 1. The maximum absolute atomic E-state index is 13.1. The third-order valence-electron chi connectivity index (χ3n) is 1.72. The Bertz CT molecular complexity index is 532. The molecule has 0 aromatic heterocycles. The standard InChI is InChI=1S/C9H5ClFNO6/c10-4-1-6(12(16)17)7(2-5(4)11)18-9(15)3-8(13)14/h1-2H,3H2,(H,13,14). The highest BCUT2D eigenvalue weighted by Crippen LogP contribution is 2.32. The van der Waals surface area contributed by atoms with Crippen molar-refractivity contribution in [3.63, 3.8) is 0 Å². The van der Waals surface area contributed by atoms with Gasteiger partial charge in [-0.1, -0.05) is 11.6 Å². The quantitative estimate of drug-likeness (QED) is 0.295. The number of aliphatic carboxylic acids is 1. The van der Waals surface area contributed by atoms with Crippen molar-refractivity contribution in [2.75, 3.05) is 0 Å². The van der Waals surface area contributed by atoms with Gasteiger partial charge in [0.05, 0.1) is 9.95 Å². The number of hydrogen-bond donors (Lipinski definition) is 1. The molecule has 0 atom stereocenters. The highest BCUT2D eigenvalue weighted by molar-refractivity contribution is 6.31. The van der Waals surface area contributed by atoms with Crippen LogP contribution in [0.15, 0.2) is 12.1 Å². The summed E-state index contributed by atoms with van der Waals surface area (Å²) >= 11 is 5.34. The minimum absolute atomic E-state index is 0.514. The van der Waals surface area contributed by atoms with Crippen LogP contribution in [0.3, 0.4) is 0 Å². The monoisotopic (exact) mass is 277 g/mol. The van der Waals surface area contributed by atoms with E-state index in [0.717, 1.165) is 0 Å². The van der Waals surface area contributed by atoms with Gasteiger partial charge in [0.2, 0.25) is 5.75 Å². The lowest BCUT2D eigenvalue weighted by molar-refractivity contribution is -0.385. The fourth-order valence-electron chi connectivity index (χ4n) is 1.02. The molecule has 9 heteroatoms. The molecule has 0 unspecified atom stereocenters. The summed E-state index contributed by atoms with van der Waals surface area (Å²) < 4.78 is 17.5. The van der Waals surface area contributed by atoms with Gasteiger partial charge in [-0.2, -0.15) is 0 Å².